The van der Waals surface area contributed by atoms with E-state index in [9.17, 15) is 4.79 Å². The second-order valence-corrected chi connectivity index (χ2v) is 7.24. The molecule has 4 nitrogen and oxygen atoms in total. The first-order valence-corrected chi connectivity index (χ1v) is 8.07. The number of H-pyrrole nitrogens is 1. The van der Waals surface area contributed by atoms with Gasteiger partial charge in [-0.15, -0.1) is 11.3 Å². The maximum atomic E-state index is 12.5. The number of rotatable bonds is 3. The Kier molecular flexibility index (Phi) is 3.73. The van der Waals surface area contributed by atoms with Gasteiger partial charge in [-0.2, -0.15) is 0 Å². The van der Waals surface area contributed by atoms with Gasteiger partial charge in [0.15, 0.2) is 0 Å². The number of hydrogen-bond acceptors (Lipinski definition) is 3. The van der Waals surface area contributed by atoms with Crippen LogP contribution in [0.15, 0.2) is 39.5 Å². The molecule has 0 saturated heterocycles. The topological polar surface area (TPSA) is 62.1 Å². The predicted octanol–water partition coefficient (Wildman–Crippen LogP) is 3.85. The van der Waals surface area contributed by atoms with Crippen molar-refractivity contribution in [1.29, 1.82) is 0 Å². The molecule has 0 aliphatic rings. The van der Waals surface area contributed by atoms with Gasteiger partial charge in [0, 0.05) is 30.2 Å². The molecule has 3 rings (SSSR count). The van der Waals surface area contributed by atoms with Crippen molar-refractivity contribution in [2.75, 3.05) is 12.8 Å². The van der Waals surface area contributed by atoms with E-state index in [0.29, 0.717) is 17.9 Å². The van der Waals surface area contributed by atoms with E-state index in [1.807, 2.05) is 35.7 Å². The monoisotopic (exact) mass is 363 g/mol. The lowest BCUT2D eigenvalue weighted by Crippen LogP contribution is -2.26. The fraction of sp³-hybridized carbons (Fsp3) is 0.133. The molecule has 0 spiro atoms. The van der Waals surface area contributed by atoms with Crippen LogP contribution in [-0.2, 0) is 6.54 Å². The van der Waals surface area contributed by atoms with Crippen LogP contribution in [0.4, 0.5) is 5.69 Å². The van der Waals surface area contributed by atoms with Gasteiger partial charge in [-0.3, -0.25) is 4.79 Å². The van der Waals surface area contributed by atoms with E-state index >= 15 is 0 Å². The first-order chi connectivity index (χ1) is 10.0. The van der Waals surface area contributed by atoms with Crippen molar-refractivity contribution in [2.24, 2.45) is 0 Å². The largest absolute Gasteiger partial charge is 0.399 e. The molecule has 1 aromatic carbocycles. The van der Waals surface area contributed by atoms with Gasteiger partial charge in [-0.05, 0) is 57.2 Å². The summed E-state index contributed by atoms with van der Waals surface area (Å²) in [6.07, 6.45) is 0. The first kappa shape index (κ1) is 14.2. The maximum Gasteiger partial charge on any atom is 0.270 e. The summed E-state index contributed by atoms with van der Waals surface area (Å²) in [4.78, 5) is 17.3. The SMILES string of the molecule is CN(Cc1csc(Br)c1)C(=O)c1cc2cc(N)ccc2[nH]1. The molecule has 0 aliphatic carbocycles. The van der Waals surface area contributed by atoms with Gasteiger partial charge >= 0.3 is 0 Å². The van der Waals surface area contributed by atoms with Crippen LogP contribution >= 0.6 is 27.3 Å². The third-order valence-corrected chi connectivity index (χ3v) is 4.82. The van der Waals surface area contributed by atoms with Gasteiger partial charge in [0.05, 0.1) is 3.79 Å². The zero-order chi connectivity index (χ0) is 15.0. The average Bonchev–Trinajstić information content (AvgIpc) is 3.03. The minimum absolute atomic E-state index is 0.0351. The van der Waals surface area contributed by atoms with Crippen LogP contribution in [0, 0.1) is 0 Å². The summed E-state index contributed by atoms with van der Waals surface area (Å²) >= 11 is 5.05. The number of nitrogen functional groups attached to an aromatic ring is 1. The highest BCUT2D eigenvalue weighted by atomic mass is 79.9. The first-order valence-electron chi connectivity index (χ1n) is 6.39. The number of aromatic nitrogens is 1. The number of fused-ring (bicyclic) bond motifs is 1. The summed E-state index contributed by atoms with van der Waals surface area (Å²) in [5, 5.41) is 2.99. The Morgan fingerprint density at radius 3 is 2.90 bits per heavy atom. The van der Waals surface area contributed by atoms with Crippen molar-refractivity contribution in [2.45, 2.75) is 6.54 Å². The van der Waals surface area contributed by atoms with Crippen LogP contribution in [0.3, 0.4) is 0 Å². The minimum atomic E-state index is -0.0351. The summed E-state index contributed by atoms with van der Waals surface area (Å²) in [5.74, 6) is -0.0351. The number of hydrogen-bond donors (Lipinski definition) is 2. The third kappa shape index (κ3) is 2.96. The van der Waals surface area contributed by atoms with Gasteiger partial charge in [0.25, 0.3) is 5.91 Å². The van der Waals surface area contributed by atoms with Crippen LogP contribution < -0.4 is 5.73 Å². The summed E-state index contributed by atoms with van der Waals surface area (Å²) in [7, 11) is 1.80. The number of nitrogens with one attached hydrogen (secondary N) is 1. The third-order valence-electron chi connectivity index (χ3n) is 3.26. The van der Waals surface area contributed by atoms with Crippen LogP contribution in [0.5, 0.6) is 0 Å². The summed E-state index contributed by atoms with van der Waals surface area (Å²) in [6.45, 7) is 0.582. The van der Waals surface area contributed by atoms with Gasteiger partial charge in [0.2, 0.25) is 0 Å². The molecule has 0 fully saturated rings. The highest BCUT2D eigenvalue weighted by Gasteiger charge is 2.15. The smallest absolute Gasteiger partial charge is 0.270 e. The van der Waals surface area contributed by atoms with E-state index in [1.165, 1.54) is 0 Å². The Balaban J connectivity index is 1.82. The normalized spacial score (nSPS) is 11.0. The Morgan fingerprint density at radius 1 is 1.38 bits per heavy atom. The van der Waals surface area contributed by atoms with Crippen LogP contribution in [-0.4, -0.2) is 22.8 Å². The number of halogens is 1. The number of carbonyl (C=O) groups excluding carboxylic acids is 1. The van der Waals surface area contributed by atoms with Gasteiger partial charge in [-0.25, -0.2) is 0 Å². The van der Waals surface area contributed by atoms with Crippen molar-refractivity contribution in [3.63, 3.8) is 0 Å². The molecule has 0 radical (unpaired) electrons. The average molecular weight is 364 g/mol. The standard InChI is InChI=1S/C15H14BrN3OS/c1-19(7-9-4-14(16)21-8-9)15(20)13-6-10-5-11(17)2-3-12(10)18-13/h2-6,8,18H,7,17H2,1H3. The van der Waals surface area contributed by atoms with E-state index in [0.717, 1.165) is 20.3 Å². The fourth-order valence-electron chi connectivity index (χ4n) is 2.25. The molecule has 3 N–H and O–H groups in total. The highest BCUT2D eigenvalue weighted by molar-refractivity contribution is 9.11. The maximum absolute atomic E-state index is 12.5. The van der Waals surface area contributed by atoms with Crippen molar-refractivity contribution in [3.8, 4) is 0 Å². The zero-order valence-electron chi connectivity index (χ0n) is 11.4. The van der Waals surface area contributed by atoms with Gasteiger partial charge < -0.3 is 15.6 Å². The van der Waals surface area contributed by atoms with Crippen LogP contribution in [0.25, 0.3) is 10.9 Å². The van der Waals surface area contributed by atoms with E-state index < -0.39 is 0 Å². The van der Waals surface area contributed by atoms with Crippen molar-refractivity contribution in [3.05, 3.63) is 50.8 Å². The molecule has 6 heteroatoms. The molecular weight excluding hydrogens is 350 g/mol. The number of carbonyl (C=O) groups is 1. The summed E-state index contributed by atoms with van der Waals surface area (Å²) in [5.41, 5.74) is 9.06. The van der Waals surface area contributed by atoms with Crippen LogP contribution in [0.1, 0.15) is 16.1 Å². The van der Waals surface area contributed by atoms with E-state index in [-0.39, 0.29) is 5.91 Å². The van der Waals surface area contributed by atoms with Crippen LogP contribution in [0.2, 0.25) is 0 Å². The number of nitrogens with two attached hydrogens (primary N) is 1. The molecule has 0 aliphatic heterocycles. The molecule has 2 heterocycles. The molecule has 2 aromatic heterocycles. The van der Waals surface area contributed by atoms with Gasteiger partial charge in [-0.1, -0.05) is 0 Å². The molecule has 0 unspecified atom stereocenters. The van der Waals surface area contributed by atoms with Crippen molar-refractivity contribution < 1.29 is 4.79 Å². The van der Waals surface area contributed by atoms with Gasteiger partial charge in [0.1, 0.15) is 5.69 Å². The summed E-state index contributed by atoms with van der Waals surface area (Å²) in [6, 6.07) is 9.43. The lowest BCUT2D eigenvalue weighted by Gasteiger charge is -2.15. The minimum Gasteiger partial charge on any atom is -0.399 e. The number of amides is 1. The predicted molar refractivity (Wildman–Crippen MR) is 90.5 cm³/mol. The van der Waals surface area contributed by atoms with Crippen molar-refractivity contribution >= 4 is 49.8 Å². The molecule has 3 aromatic rings. The highest BCUT2D eigenvalue weighted by Crippen LogP contribution is 2.23. The van der Waals surface area contributed by atoms with E-state index in [2.05, 4.69) is 20.9 Å². The van der Waals surface area contributed by atoms with E-state index in [4.69, 9.17) is 5.73 Å². The Labute approximate surface area is 134 Å². The molecular formula is C15H14BrN3OS. The lowest BCUT2D eigenvalue weighted by molar-refractivity contribution is 0.0780. The second-order valence-electron chi connectivity index (χ2n) is 4.95. The Morgan fingerprint density at radius 2 is 2.19 bits per heavy atom. The molecule has 1 amide bonds. The van der Waals surface area contributed by atoms with Crippen molar-refractivity contribution in [1.82, 2.24) is 9.88 Å². The Bertz CT molecular complexity index is 808. The molecule has 0 atom stereocenters. The number of nitrogens with zero attached hydrogens (tertiary/aromatic N) is 1. The second kappa shape index (κ2) is 5.54. The number of anilines is 1. The summed E-state index contributed by atoms with van der Waals surface area (Å²) < 4.78 is 1.07. The quantitative estimate of drug-likeness (QED) is 0.694. The number of benzene rings is 1. The van der Waals surface area contributed by atoms with E-state index in [1.54, 1.807) is 23.3 Å². The molecule has 21 heavy (non-hydrogen) atoms. The lowest BCUT2D eigenvalue weighted by atomic mass is 10.2. The molecule has 0 bridgehead atoms. The molecule has 108 valence electrons. The number of aromatic amines is 1. The number of thiophene rings is 1. The fourth-order valence-corrected chi connectivity index (χ4v) is 3.45. The molecule has 0 saturated carbocycles. The Hall–Kier alpha value is -1.79. The zero-order valence-corrected chi connectivity index (χ0v) is 13.8.